The van der Waals surface area contributed by atoms with Gasteiger partial charge in [-0.3, -0.25) is 13.9 Å². The normalized spacial score (nSPS) is 16.6. The first-order chi connectivity index (χ1) is 13.5. The van der Waals surface area contributed by atoms with Crippen LogP contribution in [0.2, 0.25) is 5.02 Å². The van der Waals surface area contributed by atoms with Crippen molar-refractivity contribution in [3.8, 4) is 6.07 Å². The Balaban J connectivity index is 1.85. The molecule has 9 heteroatoms. The van der Waals surface area contributed by atoms with Crippen LogP contribution in [0.4, 0.5) is 11.5 Å². The number of nitrogens with one attached hydrogen (secondary N) is 1. The summed E-state index contributed by atoms with van der Waals surface area (Å²) in [5.41, 5.74) is 0.405. The Labute approximate surface area is 168 Å². The molecule has 0 aromatic carbocycles. The van der Waals surface area contributed by atoms with Gasteiger partial charge in [-0.25, -0.2) is 9.78 Å². The van der Waals surface area contributed by atoms with Gasteiger partial charge in [0, 0.05) is 44.6 Å². The summed E-state index contributed by atoms with van der Waals surface area (Å²) in [6, 6.07) is 3.63. The summed E-state index contributed by atoms with van der Waals surface area (Å²) < 4.78 is 2.84. The number of nitriles is 1. The molecule has 1 aliphatic rings. The van der Waals surface area contributed by atoms with Gasteiger partial charge in [-0.15, -0.1) is 0 Å². The van der Waals surface area contributed by atoms with Crippen molar-refractivity contribution < 1.29 is 0 Å². The van der Waals surface area contributed by atoms with Crippen molar-refractivity contribution in [2.75, 3.05) is 23.3 Å². The van der Waals surface area contributed by atoms with Crippen molar-refractivity contribution in [1.82, 2.24) is 14.1 Å². The largest absolute Gasteiger partial charge is 0.364 e. The second-order valence-corrected chi connectivity index (χ2v) is 7.14. The third-order valence-corrected chi connectivity index (χ3v) is 5.24. The lowest BCUT2D eigenvalue weighted by atomic mass is 10.1. The van der Waals surface area contributed by atoms with Crippen LogP contribution in [-0.2, 0) is 13.1 Å². The zero-order valence-electron chi connectivity index (χ0n) is 16.0. The fraction of sp³-hybridized carbons (Fsp3) is 0.474. The summed E-state index contributed by atoms with van der Waals surface area (Å²) >= 11 is 6.22. The summed E-state index contributed by atoms with van der Waals surface area (Å²) in [6.45, 7) is 5.87. The van der Waals surface area contributed by atoms with Gasteiger partial charge < -0.3 is 10.2 Å². The lowest BCUT2D eigenvalue weighted by molar-refractivity contribution is 0.517. The van der Waals surface area contributed by atoms with Crippen LogP contribution in [0.25, 0.3) is 0 Å². The Morgan fingerprint density at radius 2 is 2.14 bits per heavy atom. The fourth-order valence-electron chi connectivity index (χ4n) is 3.47. The van der Waals surface area contributed by atoms with E-state index in [1.54, 1.807) is 23.8 Å². The van der Waals surface area contributed by atoms with Crippen LogP contribution >= 0.6 is 11.6 Å². The lowest BCUT2D eigenvalue weighted by Crippen LogP contribution is -2.48. The van der Waals surface area contributed by atoms with Gasteiger partial charge in [-0.2, -0.15) is 5.26 Å². The topological polar surface area (TPSA) is 95.9 Å². The van der Waals surface area contributed by atoms with Crippen molar-refractivity contribution >= 4 is 23.1 Å². The number of rotatable bonds is 5. The predicted octanol–water partition coefficient (Wildman–Crippen LogP) is 2.05. The summed E-state index contributed by atoms with van der Waals surface area (Å²) in [5.74, 6) is 0.525. The minimum Gasteiger partial charge on any atom is -0.364 e. The lowest BCUT2D eigenvalue weighted by Gasteiger charge is -2.35. The highest BCUT2D eigenvalue weighted by molar-refractivity contribution is 6.33. The summed E-state index contributed by atoms with van der Waals surface area (Å²) in [5, 5.41) is 12.6. The molecule has 1 fully saturated rings. The number of hydrogen-bond acceptors (Lipinski definition) is 6. The van der Waals surface area contributed by atoms with Crippen LogP contribution in [0, 0.1) is 11.3 Å². The molecule has 0 amide bonds. The van der Waals surface area contributed by atoms with Crippen LogP contribution < -0.4 is 21.5 Å². The number of halogens is 1. The van der Waals surface area contributed by atoms with Gasteiger partial charge in [0.05, 0.1) is 10.6 Å². The number of nitrogens with zero attached hydrogens (tertiary/aromatic N) is 5. The third kappa shape index (κ3) is 3.90. The van der Waals surface area contributed by atoms with E-state index in [4.69, 9.17) is 16.9 Å². The van der Waals surface area contributed by atoms with Crippen molar-refractivity contribution in [2.45, 2.75) is 45.8 Å². The summed E-state index contributed by atoms with van der Waals surface area (Å²) in [7, 11) is 0. The highest BCUT2D eigenvalue weighted by atomic mass is 35.5. The van der Waals surface area contributed by atoms with Crippen molar-refractivity contribution in [3.63, 3.8) is 0 Å². The zero-order chi connectivity index (χ0) is 20.3. The quantitative estimate of drug-likeness (QED) is 0.822. The first-order valence-corrected chi connectivity index (χ1v) is 9.77. The minimum absolute atomic E-state index is 0.0446. The minimum atomic E-state index is -0.279. The van der Waals surface area contributed by atoms with Crippen LogP contribution in [0.1, 0.15) is 32.3 Å². The standard InChI is InChI=1S/C19H23ClN6O2/c1-3-24-12-16(18(27)26(4-2)19(24)28)25-7-5-6-14(11-25)23-17-15(20)8-13(9-21)10-22-17/h8,10,12,14H,3-7,11H2,1-2H3,(H,22,23). The molecule has 0 aliphatic carbocycles. The Kier molecular flexibility index (Phi) is 6.05. The van der Waals surface area contributed by atoms with Crippen molar-refractivity contribution in [1.29, 1.82) is 5.26 Å². The highest BCUT2D eigenvalue weighted by Crippen LogP contribution is 2.24. The summed E-state index contributed by atoms with van der Waals surface area (Å²) in [6.07, 6.45) is 4.93. The van der Waals surface area contributed by atoms with E-state index < -0.39 is 0 Å². The van der Waals surface area contributed by atoms with E-state index in [0.29, 0.717) is 41.7 Å². The molecule has 1 saturated heterocycles. The smallest absolute Gasteiger partial charge is 0.331 e. The molecule has 148 valence electrons. The van der Waals surface area contributed by atoms with E-state index in [1.165, 1.54) is 10.8 Å². The molecule has 1 unspecified atom stereocenters. The first-order valence-electron chi connectivity index (χ1n) is 9.39. The predicted molar refractivity (Wildman–Crippen MR) is 109 cm³/mol. The molecule has 3 rings (SSSR count). The molecule has 28 heavy (non-hydrogen) atoms. The molecule has 2 aromatic rings. The van der Waals surface area contributed by atoms with Gasteiger partial charge in [0.1, 0.15) is 17.6 Å². The SMILES string of the molecule is CCn1cc(N2CCCC(Nc3ncc(C#N)cc3Cl)C2)c(=O)n(CC)c1=O. The Bertz CT molecular complexity index is 1020. The van der Waals surface area contributed by atoms with Crippen LogP contribution in [0.5, 0.6) is 0 Å². The second-order valence-electron chi connectivity index (χ2n) is 6.73. The van der Waals surface area contributed by atoms with E-state index in [2.05, 4.69) is 10.3 Å². The molecule has 0 saturated carbocycles. The molecule has 0 bridgehead atoms. The average molecular weight is 403 g/mol. The monoisotopic (exact) mass is 402 g/mol. The number of pyridine rings is 1. The average Bonchev–Trinajstić information content (AvgIpc) is 2.70. The molecule has 0 spiro atoms. The molecule has 2 aromatic heterocycles. The van der Waals surface area contributed by atoms with E-state index in [9.17, 15) is 9.59 Å². The Morgan fingerprint density at radius 3 is 2.79 bits per heavy atom. The number of aryl methyl sites for hydroxylation is 1. The number of anilines is 2. The third-order valence-electron chi connectivity index (χ3n) is 4.95. The van der Waals surface area contributed by atoms with Gasteiger partial charge >= 0.3 is 5.69 Å². The molecular weight excluding hydrogens is 380 g/mol. The summed E-state index contributed by atoms with van der Waals surface area (Å²) in [4.78, 5) is 31.4. The molecule has 8 nitrogen and oxygen atoms in total. The molecule has 1 N–H and O–H groups in total. The molecule has 0 radical (unpaired) electrons. The van der Waals surface area contributed by atoms with Crippen LogP contribution in [0.15, 0.2) is 28.0 Å². The molecule has 3 heterocycles. The maximum absolute atomic E-state index is 12.8. The Hall–Kier alpha value is -2.79. The number of aromatic nitrogens is 3. The fourth-order valence-corrected chi connectivity index (χ4v) is 3.69. The first kappa shape index (κ1) is 20.0. The van der Waals surface area contributed by atoms with Gasteiger partial charge in [-0.05, 0) is 32.8 Å². The maximum Gasteiger partial charge on any atom is 0.331 e. The molecule has 1 atom stereocenters. The van der Waals surface area contributed by atoms with E-state index in [1.807, 2.05) is 17.9 Å². The zero-order valence-corrected chi connectivity index (χ0v) is 16.7. The van der Waals surface area contributed by atoms with Crippen LogP contribution in [-0.4, -0.2) is 33.2 Å². The van der Waals surface area contributed by atoms with Gasteiger partial charge in [0.25, 0.3) is 5.56 Å². The van der Waals surface area contributed by atoms with Crippen molar-refractivity contribution in [3.05, 3.63) is 49.9 Å². The Morgan fingerprint density at radius 1 is 1.36 bits per heavy atom. The van der Waals surface area contributed by atoms with Crippen LogP contribution in [0.3, 0.4) is 0 Å². The van der Waals surface area contributed by atoms with Gasteiger partial charge in [-0.1, -0.05) is 11.6 Å². The van der Waals surface area contributed by atoms with E-state index in [-0.39, 0.29) is 17.3 Å². The molecular formula is C19H23ClN6O2. The molecule has 1 aliphatic heterocycles. The number of piperidine rings is 1. The number of hydrogen-bond donors (Lipinski definition) is 1. The maximum atomic E-state index is 12.8. The van der Waals surface area contributed by atoms with Crippen molar-refractivity contribution in [2.24, 2.45) is 0 Å². The van der Waals surface area contributed by atoms with Gasteiger partial charge in [0.15, 0.2) is 0 Å². The second kappa shape index (κ2) is 8.48. The van der Waals surface area contributed by atoms with E-state index >= 15 is 0 Å². The highest BCUT2D eigenvalue weighted by Gasteiger charge is 2.24. The van der Waals surface area contributed by atoms with Gasteiger partial charge in [0.2, 0.25) is 0 Å². The van der Waals surface area contributed by atoms with E-state index in [0.717, 1.165) is 19.4 Å².